The smallest absolute Gasteiger partial charge is 0.248 e. The summed E-state index contributed by atoms with van der Waals surface area (Å²) in [6.07, 6.45) is 0. The van der Waals surface area contributed by atoms with Gasteiger partial charge in [-0.3, -0.25) is 0 Å². The van der Waals surface area contributed by atoms with Crippen LogP contribution >= 0.6 is 11.8 Å². The second kappa shape index (κ2) is 7.68. The van der Waals surface area contributed by atoms with Crippen LogP contribution in [0.25, 0.3) is 0 Å². The third kappa shape index (κ3) is 4.62. The van der Waals surface area contributed by atoms with Gasteiger partial charge in [0.15, 0.2) is 11.8 Å². The zero-order valence-electron chi connectivity index (χ0n) is 13.3. The fraction of sp³-hybridized carbons (Fsp3) is 0.786. The molecule has 2 rings (SSSR count). The van der Waals surface area contributed by atoms with Gasteiger partial charge in [-0.25, -0.2) is 4.99 Å². The molecule has 0 saturated carbocycles. The maximum Gasteiger partial charge on any atom is 0.248 e. The highest BCUT2D eigenvalue weighted by Crippen LogP contribution is 2.24. The van der Waals surface area contributed by atoms with E-state index in [0.29, 0.717) is 29.4 Å². The maximum absolute atomic E-state index is 5.12. The van der Waals surface area contributed by atoms with Gasteiger partial charge in [0.25, 0.3) is 0 Å². The predicted molar refractivity (Wildman–Crippen MR) is 86.5 cm³/mol. The van der Waals surface area contributed by atoms with Gasteiger partial charge in [-0.15, -0.1) is 0 Å². The number of aromatic nitrogens is 2. The monoisotopic (exact) mass is 311 g/mol. The molecule has 1 atom stereocenters. The third-order valence-electron chi connectivity index (χ3n) is 3.41. The van der Waals surface area contributed by atoms with E-state index in [-0.39, 0.29) is 0 Å². The Kier molecular flexibility index (Phi) is 5.90. The van der Waals surface area contributed by atoms with Gasteiger partial charge >= 0.3 is 0 Å². The Morgan fingerprint density at radius 1 is 1.57 bits per heavy atom. The average molecular weight is 311 g/mol. The highest BCUT2D eigenvalue weighted by molar-refractivity contribution is 8.00. The van der Waals surface area contributed by atoms with Gasteiger partial charge in [0.1, 0.15) is 6.54 Å². The number of nitrogens with zero attached hydrogens (tertiary/aromatic N) is 4. The average Bonchev–Trinajstić information content (AvgIpc) is 2.89. The quantitative estimate of drug-likeness (QED) is 0.677. The van der Waals surface area contributed by atoms with E-state index in [4.69, 9.17) is 4.52 Å². The lowest BCUT2D eigenvalue weighted by molar-refractivity contribution is 0.367. The standard InChI is InChI=1S/C14H25N5OS/c1-5-15-14(16-8-13-17-11(4)18-20-13)19-6-7-21-12(9-19)10(2)3/h10,12H,5-9H2,1-4H3,(H,15,16). The number of aryl methyl sites for hydroxylation is 1. The largest absolute Gasteiger partial charge is 0.357 e. The molecule has 0 spiro atoms. The van der Waals surface area contributed by atoms with E-state index in [1.54, 1.807) is 0 Å². The van der Waals surface area contributed by atoms with Crippen molar-refractivity contribution in [2.45, 2.75) is 39.5 Å². The minimum absolute atomic E-state index is 0.430. The predicted octanol–water partition coefficient (Wildman–Crippen LogP) is 1.92. The maximum atomic E-state index is 5.12. The number of nitrogens with one attached hydrogen (secondary N) is 1. The molecular weight excluding hydrogens is 286 g/mol. The lowest BCUT2D eigenvalue weighted by Crippen LogP contribution is -2.49. The second-order valence-corrected chi connectivity index (χ2v) is 6.85. The number of rotatable bonds is 4. The topological polar surface area (TPSA) is 66.5 Å². The molecule has 0 amide bonds. The van der Waals surface area contributed by atoms with Crippen LogP contribution in [0, 0.1) is 12.8 Å². The molecule has 1 aromatic heterocycles. The van der Waals surface area contributed by atoms with Crippen molar-refractivity contribution in [3.05, 3.63) is 11.7 Å². The Balaban J connectivity index is 2.03. The van der Waals surface area contributed by atoms with Crippen LogP contribution in [0.5, 0.6) is 0 Å². The molecule has 118 valence electrons. The normalized spacial score (nSPS) is 20.1. The molecule has 1 fully saturated rings. The van der Waals surface area contributed by atoms with Crippen molar-refractivity contribution >= 4 is 17.7 Å². The second-order valence-electron chi connectivity index (χ2n) is 5.50. The van der Waals surface area contributed by atoms with E-state index in [2.05, 4.69) is 57.9 Å². The van der Waals surface area contributed by atoms with E-state index >= 15 is 0 Å². The van der Waals surface area contributed by atoms with Gasteiger partial charge in [-0.1, -0.05) is 19.0 Å². The Morgan fingerprint density at radius 2 is 2.38 bits per heavy atom. The zero-order chi connectivity index (χ0) is 15.2. The van der Waals surface area contributed by atoms with Crippen LogP contribution in [0.3, 0.4) is 0 Å². The van der Waals surface area contributed by atoms with E-state index in [9.17, 15) is 0 Å². The summed E-state index contributed by atoms with van der Waals surface area (Å²) in [6, 6.07) is 0. The molecule has 0 bridgehead atoms. The number of aliphatic imine (C=N–C) groups is 1. The molecular formula is C14H25N5OS. The fourth-order valence-corrected chi connectivity index (χ4v) is 3.54. The Hall–Kier alpha value is -1.24. The summed E-state index contributed by atoms with van der Waals surface area (Å²) >= 11 is 2.06. The first-order valence-corrected chi connectivity index (χ1v) is 8.59. The number of hydrogen-bond donors (Lipinski definition) is 1. The highest BCUT2D eigenvalue weighted by atomic mass is 32.2. The SMILES string of the molecule is CCNC(=NCc1nc(C)no1)N1CCSC(C(C)C)C1. The first kappa shape index (κ1) is 16.1. The molecule has 0 aromatic carbocycles. The molecule has 1 aliphatic rings. The Morgan fingerprint density at radius 3 is 3.00 bits per heavy atom. The number of guanidine groups is 1. The third-order valence-corrected chi connectivity index (χ3v) is 4.95. The zero-order valence-corrected chi connectivity index (χ0v) is 14.1. The Labute approximate surface area is 130 Å². The van der Waals surface area contributed by atoms with Gasteiger partial charge in [-0.2, -0.15) is 16.7 Å². The first-order valence-electron chi connectivity index (χ1n) is 7.54. The van der Waals surface area contributed by atoms with E-state index in [1.807, 2.05) is 6.92 Å². The summed E-state index contributed by atoms with van der Waals surface area (Å²) in [4.78, 5) is 11.2. The van der Waals surface area contributed by atoms with Crippen LogP contribution < -0.4 is 5.32 Å². The van der Waals surface area contributed by atoms with E-state index in [0.717, 1.165) is 31.3 Å². The Bertz CT molecular complexity index is 474. The molecule has 1 N–H and O–H groups in total. The summed E-state index contributed by atoms with van der Waals surface area (Å²) in [5.74, 6) is 3.99. The van der Waals surface area contributed by atoms with Crippen molar-refractivity contribution in [3.8, 4) is 0 Å². The molecule has 7 heteroatoms. The summed E-state index contributed by atoms with van der Waals surface area (Å²) in [5.41, 5.74) is 0. The molecule has 0 radical (unpaired) electrons. The summed E-state index contributed by atoms with van der Waals surface area (Å²) in [5, 5.41) is 7.82. The van der Waals surface area contributed by atoms with Gasteiger partial charge in [0, 0.05) is 30.6 Å². The minimum atomic E-state index is 0.430. The molecule has 2 heterocycles. The molecule has 6 nitrogen and oxygen atoms in total. The van der Waals surface area contributed by atoms with Gasteiger partial charge < -0.3 is 14.7 Å². The molecule has 1 unspecified atom stereocenters. The van der Waals surface area contributed by atoms with Crippen LogP contribution in [-0.2, 0) is 6.54 Å². The van der Waals surface area contributed by atoms with Crippen LogP contribution in [0.15, 0.2) is 9.52 Å². The molecule has 1 aromatic rings. The van der Waals surface area contributed by atoms with E-state index in [1.165, 1.54) is 0 Å². The number of thioether (sulfide) groups is 1. The van der Waals surface area contributed by atoms with Crippen molar-refractivity contribution in [1.29, 1.82) is 0 Å². The van der Waals surface area contributed by atoms with Gasteiger partial charge in [0.2, 0.25) is 5.89 Å². The van der Waals surface area contributed by atoms with Crippen LogP contribution in [0.2, 0.25) is 0 Å². The summed E-state index contributed by atoms with van der Waals surface area (Å²) < 4.78 is 5.12. The first-order chi connectivity index (χ1) is 10.1. The van der Waals surface area contributed by atoms with Crippen LogP contribution in [-0.4, -0.2) is 51.6 Å². The lowest BCUT2D eigenvalue weighted by Gasteiger charge is -2.36. The van der Waals surface area contributed by atoms with Crippen molar-refractivity contribution in [3.63, 3.8) is 0 Å². The summed E-state index contributed by atoms with van der Waals surface area (Å²) in [6.45, 7) is 11.8. The molecule has 21 heavy (non-hydrogen) atoms. The fourth-order valence-electron chi connectivity index (χ4n) is 2.24. The highest BCUT2D eigenvalue weighted by Gasteiger charge is 2.24. The van der Waals surface area contributed by atoms with Crippen molar-refractivity contribution in [2.24, 2.45) is 10.9 Å². The summed E-state index contributed by atoms with van der Waals surface area (Å²) in [7, 11) is 0. The molecule has 1 aliphatic heterocycles. The van der Waals surface area contributed by atoms with Crippen LogP contribution in [0.1, 0.15) is 32.5 Å². The minimum Gasteiger partial charge on any atom is -0.357 e. The molecule has 0 aliphatic carbocycles. The lowest BCUT2D eigenvalue weighted by atomic mass is 10.1. The van der Waals surface area contributed by atoms with Gasteiger partial charge in [-0.05, 0) is 19.8 Å². The van der Waals surface area contributed by atoms with Gasteiger partial charge in [0.05, 0.1) is 0 Å². The van der Waals surface area contributed by atoms with Crippen molar-refractivity contribution in [1.82, 2.24) is 20.4 Å². The van der Waals surface area contributed by atoms with Crippen LogP contribution in [0.4, 0.5) is 0 Å². The van der Waals surface area contributed by atoms with Crippen molar-refractivity contribution < 1.29 is 4.52 Å². The molecule has 1 saturated heterocycles. The number of hydrogen-bond acceptors (Lipinski definition) is 5. The van der Waals surface area contributed by atoms with Crippen molar-refractivity contribution in [2.75, 3.05) is 25.4 Å². The van der Waals surface area contributed by atoms with E-state index < -0.39 is 0 Å².